The van der Waals surface area contributed by atoms with E-state index in [1.807, 2.05) is 0 Å². The summed E-state index contributed by atoms with van der Waals surface area (Å²) in [6, 6.07) is 0.788. The number of nitrogens with one attached hydrogen (secondary N) is 1. The first-order valence-corrected chi connectivity index (χ1v) is 9.45. The Morgan fingerprint density at radius 2 is 1.90 bits per heavy atom. The van der Waals surface area contributed by atoms with Gasteiger partial charge in [0.1, 0.15) is 23.0 Å². The molecule has 2 aromatic rings. The van der Waals surface area contributed by atoms with Gasteiger partial charge in [-0.3, -0.25) is 14.4 Å². The molecule has 0 saturated heterocycles. The Labute approximate surface area is 168 Å². The number of likely N-dealkylation sites (N-methyl/N-ethyl adjacent to an activating group) is 1. The highest BCUT2D eigenvalue weighted by molar-refractivity contribution is 6.00. The minimum atomic E-state index is -1.17. The fourth-order valence-electron chi connectivity index (χ4n) is 4.18. The second-order valence-electron chi connectivity index (χ2n) is 7.28. The van der Waals surface area contributed by atoms with Crippen molar-refractivity contribution < 1.29 is 27.9 Å². The third kappa shape index (κ3) is 2.94. The minimum Gasteiger partial charge on any atom is -0.503 e. The van der Waals surface area contributed by atoms with Crippen LogP contribution in [-0.4, -0.2) is 39.5 Å². The molecule has 30 heavy (non-hydrogen) atoms. The monoisotopic (exact) mass is 421 g/mol. The molecule has 0 bridgehead atoms. The molecule has 10 heteroatoms. The van der Waals surface area contributed by atoms with Gasteiger partial charge in [-0.05, 0) is 19.8 Å². The molecule has 2 N–H and O–H groups in total. The molecule has 0 aliphatic carbocycles. The predicted molar refractivity (Wildman–Crippen MR) is 98.8 cm³/mol. The summed E-state index contributed by atoms with van der Waals surface area (Å²) in [6.07, 6.45) is 0.904. The molecule has 2 amide bonds. The number of pyridine rings is 1. The second kappa shape index (κ2) is 7.19. The molecule has 1 atom stereocenters. The zero-order valence-electron chi connectivity index (χ0n) is 16.0. The molecule has 0 spiro atoms. The van der Waals surface area contributed by atoms with Gasteiger partial charge in [0.25, 0.3) is 11.8 Å². The molecular formula is C20H18F3N3O4. The van der Waals surface area contributed by atoms with Gasteiger partial charge in [-0.15, -0.1) is 0 Å². The van der Waals surface area contributed by atoms with E-state index in [9.17, 15) is 32.7 Å². The largest absolute Gasteiger partial charge is 0.503 e. The molecule has 2 aliphatic rings. The lowest BCUT2D eigenvalue weighted by molar-refractivity contribution is 0.0676. The molecule has 1 aromatic carbocycles. The molecule has 0 radical (unpaired) electrons. The van der Waals surface area contributed by atoms with E-state index < -0.39 is 52.6 Å². The highest BCUT2D eigenvalue weighted by atomic mass is 19.1. The maximum atomic E-state index is 13.8. The lowest BCUT2D eigenvalue weighted by atomic mass is 10.1. The van der Waals surface area contributed by atoms with Crippen molar-refractivity contribution >= 4 is 11.8 Å². The van der Waals surface area contributed by atoms with Gasteiger partial charge in [0.15, 0.2) is 11.4 Å². The third-order valence-corrected chi connectivity index (χ3v) is 5.63. The van der Waals surface area contributed by atoms with Crippen molar-refractivity contribution in [2.24, 2.45) is 0 Å². The highest BCUT2D eigenvalue weighted by Crippen LogP contribution is 2.36. The fourth-order valence-corrected chi connectivity index (χ4v) is 4.18. The van der Waals surface area contributed by atoms with Crippen molar-refractivity contribution in [3.8, 4) is 5.75 Å². The number of nitrogens with zero attached hydrogens (tertiary/aromatic N) is 2. The van der Waals surface area contributed by atoms with E-state index in [4.69, 9.17) is 0 Å². The Balaban J connectivity index is 1.72. The number of aromatic nitrogens is 1. The van der Waals surface area contributed by atoms with Crippen LogP contribution in [0.5, 0.6) is 5.75 Å². The normalized spacial score (nSPS) is 17.3. The third-order valence-electron chi connectivity index (χ3n) is 5.63. The quantitative estimate of drug-likeness (QED) is 0.789. The fraction of sp³-hybridized carbons (Fsp3) is 0.350. The Hall–Kier alpha value is -3.30. The summed E-state index contributed by atoms with van der Waals surface area (Å²) in [5, 5.41) is 12.7. The van der Waals surface area contributed by atoms with E-state index in [1.54, 1.807) is 6.92 Å². The van der Waals surface area contributed by atoms with Crippen LogP contribution in [0.15, 0.2) is 16.9 Å². The van der Waals surface area contributed by atoms with E-state index >= 15 is 0 Å². The number of aromatic hydroxyl groups is 1. The first-order chi connectivity index (χ1) is 14.2. The van der Waals surface area contributed by atoms with E-state index in [2.05, 4.69) is 5.32 Å². The number of amides is 2. The summed E-state index contributed by atoms with van der Waals surface area (Å²) in [4.78, 5) is 39.6. The Morgan fingerprint density at radius 1 is 1.23 bits per heavy atom. The maximum absolute atomic E-state index is 13.8. The van der Waals surface area contributed by atoms with Crippen LogP contribution in [0.25, 0.3) is 0 Å². The van der Waals surface area contributed by atoms with Crippen LogP contribution in [0, 0.1) is 17.5 Å². The number of carbonyl (C=O) groups is 2. The average molecular weight is 421 g/mol. The van der Waals surface area contributed by atoms with Crippen LogP contribution in [0.4, 0.5) is 13.2 Å². The lowest BCUT2D eigenvalue weighted by Crippen LogP contribution is -2.44. The molecule has 7 nitrogen and oxygen atoms in total. The van der Waals surface area contributed by atoms with Gasteiger partial charge in [-0.2, -0.15) is 0 Å². The molecule has 1 aromatic heterocycles. The van der Waals surface area contributed by atoms with Crippen molar-refractivity contribution in [2.75, 3.05) is 13.1 Å². The van der Waals surface area contributed by atoms with Gasteiger partial charge >= 0.3 is 0 Å². The van der Waals surface area contributed by atoms with E-state index in [0.717, 1.165) is 0 Å². The minimum absolute atomic E-state index is 0.141. The van der Waals surface area contributed by atoms with Crippen LogP contribution in [0.1, 0.15) is 51.5 Å². The second-order valence-corrected chi connectivity index (χ2v) is 7.28. The molecule has 4 rings (SSSR count). The lowest BCUT2D eigenvalue weighted by Gasteiger charge is -2.34. The van der Waals surface area contributed by atoms with Crippen LogP contribution in [0.3, 0.4) is 0 Å². The summed E-state index contributed by atoms with van der Waals surface area (Å²) in [7, 11) is 0. The first-order valence-electron chi connectivity index (χ1n) is 9.45. The van der Waals surface area contributed by atoms with E-state index in [0.29, 0.717) is 43.8 Å². The Morgan fingerprint density at radius 3 is 2.53 bits per heavy atom. The van der Waals surface area contributed by atoms with Crippen molar-refractivity contribution in [2.45, 2.75) is 32.4 Å². The van der Waals surface area contributed by atoms with Crippen molar-refractivity contribution in [3.63, 3.8) is 0 Å². The molecule has 0 fully saturated rings. The summed E-state index contributed by atoms with van der Waals surface area (Å²) in [6.45, 7) is 1.97. The van der Waals surface area contributed by atoms with Gasteiger partial charge in [0.2, 0.25) is 5.43 Å². The number of carbonyl (C=O) groups excluding carboxylic acids is 2. The molecule has 0 unspecified atom stereocenters. The first kappa shape index (κ1) is 20.0. The number of rotatable bonds is 4. The summed E-state index contributed by atoms with van der Waals surface area (Å²) >= 11 is 0. The number of halogens is 3. The maximum Gasteiger partial charge on any atom is 0.274 e. The van der Waals surface area contributed by atoms with Crippen LogP contribution >= 0.6 is 0 Å². The predicted octanol–water partition coefficient (Wildman–Crippen LogP) is 1.86. The smallest absolute Gasteiger partial charge is 0.274 e. The number of hydrogen-bond donors (Lipinski definition) is 2. The zero-order valence-corrected chi connectivity index (χ0v) is 16.0. The standard InChI is InChI=1S/C20H18F3N3O4/c1-2-25-8-10-3-4-14-15(17(27)18(28)16(20(25)30)26(10)14)19(29)24-7-11-12(22)5-9(21)6-13(11)23/h5-6,10,28H,2-4,7-8H2,1H3,(H,24,29)/t10-/m1/s1. The number of benzene rings is 1. The van der Waals surface area contributed by atoms with Crippen LogP contribution in [-0.2, 0) is 13.0 Å². The van der Waals surface area contributed by atoms with Gasteiger partial charge in [-0.25, -0.2) is 13.2 Å². The Kier molecular flexibility index (Phi) is 4.79. The van der Waals surface area contributed by atoms with Crippen LogP contribution < -0.4 is 10.7 Å². The van der Waals surface area contributed by atoms with Crippen molar-refractivity contribution in [3.05, 3.63) is 62.3 Å². The van der Waals surface area contributed by atoms with E-state index in [1.165, 1.54) is 9.47 Å². The highest BCUT2D eigenvalue weighted by Gasteiger charge is 2.40. The van der Waals surface area contributed by atoms with Crippen molar-refractivity contribution in [1.82, 2.24) is 14.8 Å². The van der Waals surface area contributed by atoms with Gasteiger partial charge in [0.05, 0.1) is 6.04 Å². The van der Waals surface area contributed by atoms with Gasteiger partial charge in [0, 0.05) is 43.0 Å². The summed E-state index contributed by atoms with van der Waals surface area (Å²) in [5.41, 5.74) is -1.77. The van der Waals surface area contributed by atoms with E-state index in [-0.39, 0.29) is 17.3 Å². The SMILES string of the molecule is CCN1C[C@H]2CCc3c(C(=O)NCc4c(F)cc(F)cc4F)c(=O)c(O)c(n32)C1=O. The van der Waals surface area contributed by atoms with Gasteiger partial charge in [-0.1, -0.05) is 0 Å². The Bertz CT molecular complexity index is 1120. The molecule has 0 saturated carbocycles. The van der Waals surface area contributed by atoms with Crippen molar-refractivity contribution in [1.29, 1.82) is 0 Å². The zero-order chi connectivity index (χ0) is 21.7. The number of hydrogen-bond acceptors (Lipinski definition) is 4. The molecule has 3 heterocycles. The molecule has 158 valence electrons. The average Bonchev–Trinajstić information content (AvgIpc) is 3.09. The topological polar surface area (TPSA) is 91.6 Å². The molecular weight excluding hydrogens is 403 g/mol. The van der Waals surface area contributed by atoms with Crippen LogP contribution in [0.2, 0.25) is 0 Å². The summed E-state index contributed by atoms with van der Waals surface area (Å²) < 4.78 is 42.2. The molecule has 2 aliphatic heterocycles. The van der Waals surface area contributed by atoms with Gasteiger partial charge < -0.3 is 19.9 Å². The summed E-state index contributed by atoms with van der Waals surface area (Å²) in [5.74, 6) is -5.69.